The highest BCUT2D eigenvalue weighted by atomic mass is 16.1. The van der Waals surface area contributed by atoms with Crippen molar-refractivity contribution in [3.05, 3.63) is 89.0 Å². The summed E-state index contributed by atoms with van der Waals surface area (Å²) >= 11 is 0. The second kappa shape index (κ2) is 5.27. The third kappa shape index (κ3) is 2.06. The lowest BCUT2D eigenvalue weighted by Crippen LogP contribution is -2.18. The molecule has 5 nitrogen and oxygen atoms in total. The molecule has 0 radical (unpaired) electrons. The fraction of sp³-hybridized carbons (Fsp3) is 0.0500. The Balaban J connectivity index is 1.94. The first-order valence-corrected chi connectivity index (χ1v) is 8.11. The fourth-order valence-corrected chi connectivity index (χ4v) is 3.33. The molecule has 0 saturated heterocycles. The molecule has 0 bridgehead atoms. The molecular weight excluding hydrogens is 312 g/mol. The lowest BCUT2D eigenvalue weighted by molar-refractivity contribution is 0.846. The Bertz CT molecular complexity index is 1290. The lowest BCUT2D eigenvalue weighted by atomic mass is 10.2. The molecule has 0 fully saturated rings. The summed E-state index contributed by atoms with van der Waals surface area (Å²) in [6, 6.07) is 19.5. The molecule has 0 saturated carbocycles. The lowest BCUT2D eigenvalue weighted by Gasteiger charge is -2.07. The third-order valence-electron chi connectivity index (χ3n) is 4.46. The second-order valence-corrected chi connectivity index (χ2v) is 5.99. The van der Waals surface area contributed by atoms with Gasteiger partial charge in [0.1, 0.15) is 22.3 Å². The van der Waals surface area contributed by atoms with Gasteiger partial charge < -0.3 is 4.57 Å². The van der Waals surface area contributed by atoms with Crippen LogP contribution >= 0.6 is 0 Å². The first-order valence-electron chi connectivity index (χ1n) is 8.11. The van der Waals surface area contributed by atoms with E-state index in [0.717, 1.165) is 16.6 Å². The molecule has 0 aliphatic heterocycles. The van der Waals surface area contributed by atoms with Gasteiger partial charge in [0, 0.05) is 24.3 Å². The van der Waals surface area contributed by atoms with Crippen LogP contribution in [0, 0.1) is 0 Å². The summed E-state index contributed by atoms with van der Waals surface area (Å²) in [4.78, 5) is 22.4. The molecule has 120 valence electrons. The van der Waals surface area contributed by atoms with Crippen LogP contribution in [0.1, 0.15) is 5.56 Å². The highest BCUT2D eigenvalue weighted by Gasteiger charge is 2.17. The minimum absolute atomic E-state index is 0.0745. The Morgan fingerprint density at radius 2 is 1.76 bits per heavy atom. The second-order valence-electron chi connectivity index (χ2n) is 5.99. The summed E-state index contributed by atoms with van der Waals surface area (Å²) < 4.78 is 3.55. The maximum atomic E-state index is 13.1. The van der Waals surface area contributed by atoms with Gasteiger partial charge in [0.05, 0.1) is 0 Å². The third-order valence-corrected chi connectivity index (χ3v) is 4.46. The maximum Gasteiger partial charge on any atom is 0.282 e. The van der Waals surface area contributed by atoms with Gasteiger partial charge in [-0.2, -0.15) is 0 Å². The van der Waals surface area contributed by atoms with E-state index in [9.17, 15) is 4.79 Å². The van der Waals surface area contributed by atoms with Crippen molar-refractivity contribution in [1.29, 1.82) is 0 Å². The minimum Gasteiger partial charge on any atom is -0.315 e. The molecule has 1 aromatic carbocycles. The van der Waals surface area contributed by atoms with Gasteiger partial charge >= 0.3 is 0 Å². The van der Waals surface area contributed by atoms with Gasteiger partial charge in [0.2, 0.25) is 0 Å². The van der Waals surface area contributed by atoms with Crippen molar-refractivity contribution >= 4 is 27.7 Å². The summed E-state index contributed by atoms with van der Waals surface area (Å²) in [6.45, 7) is 0.577. The molecule has 0 aliphatic carbocycles. The largest absolute Gasteiger partial charge is 0.315 e. The van der Waals surface area contributed by atoms with Crippen LogP contribution in [-0.4, -0.2) is 18.9 Å². The molecule has 5 rings (SSSR count). The Morgan fingerprint density at radius 3 is 2.64 bits per heavy atom. The fourth-order valence-electron chi connectivity index (χ4n) is 3.33. The minimum atomic E-state index is -0.0745. The average Bonchev–Trinajstić information content (AvgIpc) is 2.97. The topological polar surface area (TPSA) is 52.2 Å². The molecule has 0 amide bonds. The molecular formula is C20H14N4O. The smallest absolute Gasteiger partial charge is 0.282 e. The van der Waals surface area contributed by atoms with Crippen LogP contribution in [0.25, 0.3) is 27.7 Å². The first kappa shape index (κ1) is 13.9. The molecule has 5 aromatic rings. The Labute approximate surface area is 142 Å². The van der Waals surface area contributed by atoms with Crippen LogP contribution in [-0.2, 0) is 6.54 Å². The number of rotatable bonds is 2. The highest BCUT2D eigenvalue weighted by Crippen LogP contribution is 2.25. The zero-order valence-corrected chi connectivity index (χ0v) is 13.3. The maximum absolute atomic E-state index is 13.1. The van der Waals surface area contributed by atoms with Crippen LogP contribution in [0.5, 0.6) is 0 Å². The van der Waals surface area contributed by atoms with Gasteiger partial charge in [-0.25, -0.2) is 9.97 Å². The first-order chi connectivity index (χ1) is 12.3. The van der Waals surface area contributed by atoms with Crippen molar-refractivity contribution in [2.45, 2.75) is 6.54 Å². The predicted molar refractivity (Wildman–Crippen MR) is 97.8 cm³/mol. The molecule has 5 heteroatoms. The Hall–Kier alpha value is -3.47. The van der Waals surface area contributed by atoms with Crippen LogP contribution < -0.4 is 5.56 Å². The average molecular weight is 326 g/mol. The van der Waals surface area contributed by atoms with E-state index >= 15 is 0 Å². The molecule has 4 aromatic heterocycles. The monoisotopic (exact) mass is 326 g/mol. The van der Waals surface area contributed by atoms with E-state index in [1.807, 2.05) is 65.2 Å². The Morgan fingerprint density at radius 1 is 0.920 bits per heavy atom. The van der Waals surface area contributed by atoms with Gasteiger partial charge in [0.15, 0.2) is 0 Å². The number of pyridine rings is 2. The van der Waals surface area contributed by atoms with E-state index in [1.165, 1.54) is 0 Å². The number of hydrogen-bond donors (Lipinski definition) is 0. The van der Waals surface area contributed by atoms with Gasteiger partial charge in [-0.15, -0.1) is 0 Å². The van der Waals surface area contributed by atoms with E-state index in [2.05, 4.69) is 4.98 Å². The van der Waals surface area contributed by atoms with E-state index in [1.54, 1.807) is 16.8 Å². The summed E-state index contributed by atoms with van der Waals surface area (Å²) in [5, 5.41) is 0.900. The number of aromatic nitrogens is 4. The van der Waals surface area contributed by atoms with Crippen molar-refractivity contribution in [3.63, 3.8) is 0 Å². The summed E-state index contributed by atoms with van der Waals surface area (Å²) in [7, 11) is 0. The van der Waals surface area contributed by atoms with E-state index in [0.29, 0.717) is 23.2 Å². The molecule has 0 atom stereocenters. The van der Waals surface area contributed by atoms with Crippen molar-refractivity contribution < 1.29 is 0 Å². The summed E-state index contributed by atoms with van der Waals surface area (Å²) in [6.07, 6.45) is 3.50. The van der Waals surface area contributed by atoms with Crippen LogP contribution in [0.2, 0.25) is 0 Å². The molecule has 25 heavy (non-hydrogen) atoms. The number of benzene rings is 1. The molecule has 4 heterocycles. The Kier molecular flexibility index (Phi) is 2.94. The summed E-state index contributed by atoms with van der Waals surface area (Å²) in [5.41, 5.74) is 3.75. The predicted octanol–water partition coefficient (Wildman–Crippen LogP) is 3.25. The quantitative estimate of drug-likeness (QED) is 0.500. The summed E-state index contributed by atoms with van der Waals surface area (Å²) in [5.74, 6) is 0. The van der Waals surface area contributed by atoms with Crippen molar-refractivity contribution in [3.8, 4) is 0 Å². The van der Waals surface area contributed by atoms with E-state index < -0.39 is 0 Å². The van der Waals surface area contributed by atoms with E-state index in [4.69, 9.17) is 4.98 Å². The molecule has 0 N–H and O–H groups in total. The van der Waals surface area contributed by atoms with Crippen LogP contribution in [0.4, 0.5) is 0 Å². The van der Waals surface area contributed by atoms with Crippen molar-refractivity contribution in [1.82, 2.24) is 18.9 Å². The van der Waals surface area contributed by atoms with Gasteiger partial charge in [-0.3, -0.25) is 9.20 Å². The van der Waals surface area contributed by atoms with Gasteiger partial charge in [-0.1, -0.05) is 36.4 Å². The molecule has 0 unspecified atom stereocenters. The van der Waals surface area contributed by atoms with E-state index in [-0.39, 0.29) is 5.56 Å². The SMILES string of the molecule is O=c1c2c(nc3ccccn13)c1cccnc1n2Cc1ccccc1. The zero-order valence-electron chi connectivity index (χ0n) is 13.3. The molecule has 0 aliphatic rings. The van der Waals surface area contributed by atoms with Crippen molar-refractivity contribution in [2.75, 3.05) is 0 Å². The normalized spacial score (nSPS) is 11.5. The number of nitrogens with zero attached hydrogens (tertiary/aromatic N) is 4. The van der Waals surface area contributed by atoms with Crippen LogP contribution in [0.15, 0.2) is 77.9 Å². The van der Waals surface area contributed by atoms with Crippen molar-refractivity contribution in [2.24, 2.45) is 0 Å². The zero-order chi connectivity index (χ0) is 16.8. The van der Waals surface area contributed by atoms with Gasteiger partial charge in [0.25, 0.3) is 5.56 Å². The number of fused-ring (bicyclic) bond motifs is 4. The van der Waals surface area contributed by atoms with Gasteiger partial charge in [-0.05, 0) is 29.8 Å². The van der Waals surface area contributed by atoms with Crippen LogP contribution in [0.3, 0.4) is 0 Å². The highest BCUT2D eigenvalue weighted by molar-refractivity contribution is 6.04. The molecule has 0 spiro atoms. The number of hydrogen-bond acceptors (Lipinski definition) is 3. The standard InChI is InChI=1S/C20H14N4O/c25-20-18-17(22-16-10-4-5-12-23(16)20)15-9-6-11-21-19(15)24(18)13-14-7-2-1-3-8-14/h1-12H,13H2.